The van der Waals surface area contributed by atoms with Crippen molar-refractivity contribution in [2.75, 3.05) is 14.2 Å². The van der Waals surface area contributed by atoms with Gasteiger partial charge in [0.05, 0.1) is 14.2 Å². The number of hydrogen-bond donors (Lipinski definition) is 0. The number of carbonyl (C=O) groups is 1. The number of tetrazole rings is 1. The zero-order valence-corrected chi connectivity index (χ0v) is 15.9. The summed E-state index contributed by atoms with van der Waals surface area (Å²) in [4.78, 5) is 11.0. The van der Waals surface area contributed by atoms with Crippen molar-refractivity contribution < 1.29 is 14.3 Å². The van der Waals surface area contributed by atoms with Crippen LogP contribution in [0.1, 0.15) is 17.0 Å². The molecule has 2 aromatic carbocycles. The van der Waals surface area contributed by atoms with E-state index in [-0.39, 0.29) is 0 Å². The summed E-state index contributed by atoms with van der Waals surface area (Å²) < 4.78 is 12.1. The summed E-state index contributed by atoms with van der Waals surface area (Å²) in [5, 5.41) is 11.8. The van der Waals surface area contributed by atoms with E-state index in [1.54, 1.807) is 32.0 Å². The predicted octanol–water partition coefficient (Wildman–Crippen LogP) is 2.94. The summed E-state index contributed by atoms with van der Waals surface area (Å²) in [7, 11) is 5.00. The normalized spacial score (nSPS) is 10.7. The largest absolute Gasteiger partial charge is 0.497 e. The zero-order valence-electron chi connectivity index (χ0n) is 15.9. The highest BCUT2D eigenvalue weighted by atomic mass is 16.5. The third-order valence-electron chi connectivity index (χ3n) is 4.23. The second-order valence-corrected chi connectivity index (χ2v) is 5.87. The molecule has 0 spiro atoms. The fourth-order valence-corrected chi connectivity index (χ4v) is 2.86. The zero-order chi connectivity index (χ0) is 19.9. The van der Waals surface area contributed by atoms with Gasteiger partial charge in [-0.05, 0) is 63.5 Å². The lowest BCUT2D eigenvalue weighted by Gasteiger charge is -2.14. The summed E-state index contributed by atoms with van der Waals surface area (Å²) in [6.45, 7) is 0. The van der Waals surface area contributed by atoms with Crippen LogP contribution in [-0.2, 0) is 11.8 Å². The Kier molecular flexibility index (Phi) is 5.96. The molecular formula is C21H20N4O3. The molecule has 28 heavy (non-hydrogen) atoms. The Hall–Kier alpha value is -3.74. The quantitative estimate of drug-likeness (QED) is 0.358. The fourth-order valence-electron chi connectivity index (χ4n) is 2.86. The van der Waals surface area contributed by atoms with Crippen LogP contribution in [0.5, 0.6) is 11.5 Å². The number of carbonyl (C=O) groups excluding carboxylic acids is 1. The Bertz CT molecular complexity index is 953. The molecule has 1 heterocycles. The molecule has 0 fully saturated rings. The van der Waals surface area contributed by atoms with Gasteiger partial charge in [0.2, 0.25) is 0 Å². The molecule has 0 aliphatic carbocycles. The van der Waals surface area contributed by atoms with E-state index in [4.69, 9.17) is 9.47 Å². The molecule has 1 aromatic heterocycles. The minimum Gasteiger partial charge on any atom is -0.497 e. The third kappa shape index (κ3) is 3.98. The van der Waals surface area contributed by atoms with Crippen LogP contribution in [0.4, 0.5) is 0 Å². The molecule has 0 N–H and O–H groups in total. The maximum atomic E-state index is 11.0. The summed E-state index contributed by atoms with van der Waals surface area (Å²) in [5.74, 6) is 2.05. The van der Waals surface area contributed by atoms with Crippen LogP contribution in [-0.4, -0.2) is 40.7 Å². The van der Waals surface area contributed by atoms with E-state index in [0.29, 0.717) is 5.82 Å². The number of rotatable bonds is 7. The Morgan fingerprint density at radius 3 is 1.86 bits per heavy atom. The first kappa shape index (κ1) is 19.0. The molecule has 0 atom stereocenters. The third-order valence-corrected chi connectivity index (χ3v) is 4.23. The molecule has 3 rings (SSSR count). The number of aldehydes is 1. The first-order valence-electron chi connectivity index (χ1n) is 8.55. The molecule has 0 amide bonds. The van der Waals surface area contributed by atoms with Gasteiger partial charge in [0.1, 0.15) is 17.8 Å². The summed E-state index contributed by atoms with van der Waals surface area (Å²) in [5.41, 5.74) is 3.45. The maximum absolute atomic E-state index is 11.0. The Morgan fingerprint density at radius 1 is 0.929 bits per heavy atom. The van der Waals surface area contributed by atoms with Crippen LogP contribution in [0, 0.1) is 0 Å². The SMILES string of the molecule is COc1ccc(C(=C(C=CC=O)c2nnnn2C)c2ccc(OC)cc2)cc1. The molecule has 7 heteroatoms. The van der Waals surface area contributed by atoms with E-state index in [2.05, 4.69) is 15.5 Å². The average Bonchev–Trinajstić information content (AvgIpc) is 3.17. The van der Waals surface area contributed by atoms with Crippen molar-refractivity contribution in [2.24, 2.45) is 7.05 Å². The molecule has 3 aromatic rings. The van der Waals surface area contributed by atoms with E-state index in [1.165, 1.54) is 6.08 Å². The van der Waals surface area contributed by atoms with Gasteiger partial charge in [-0.2, -0.15) is 0 Å². The lowest BCUT2D eigenvalue weighted by Crippen LogP contribution is -2.02. The number of ether oxygens (including phenoxy) is 2. The van der Waals surface area contributed by atoms with Crippen LogP contribution in [0.2, 0.25) is 0 Å². The molecule has 0 bridgehead atoms. The molecule has 0 saturated carbocycles. The van der Waals surface area contributed by atoms with E-state index >= 15 is 0 Å². The molecule has 0 aliphatic heterocycles. The van der Waals surface area contributed by atoms with E-state index < -0.39 is 0 Å². The number of hydrogen-bond acceptors (Lipinski definition) is 6. The average molecular weight is 376 g/mol. The van der Waals surface area contributed by atoms with Crippen LogP contribution >= 0.6 is 0 Å². The van der Waals surface area contributed by atoms with Gasteiger partial charge in [-0.25, -0.2) is 4.68 Å². The Morgan fingerprint density at radius 2 is 1.46 bits per heavy atom. The lowest BCUT2D eigenvalue weighted by atomic mass is 9.92. The first-order valence-corrected chi connectivity index (χ1v) is 8.55. The van der Waals surface area contributed by atoms with Crippen molar-refractivity contribution in [3.63, 3.8) is 0 Å². The van der Waals surface area contributed by atoms with Gasteiger partial charge < -0.3 is 9.47 Å². The van der Waals surface area contributed by atoms with Crippen molar-refractivity contribution in [3.05, 3.63) is 77.6 Å². The molecular weight excluding hydrogens is 356 g/mol. The molecule has 0 radical (unpaired) electrons. The van der Waals surface area contributed by atoms with Crippen molar-refractivity contribution in [3.8, 4) is 11.5 Å². The minimum absolute atomic E-state index is 0.541. The maximum Gasteiger partial charge on any atom is 0.182 e. The number of aryl methyl sites for hydroxylation is 1. The van der Waals surface area contributed by atoms with Crippen LogP contribution in [0.3, 0.4) is 0 Å². The van der Waals surface area contributed by atoms with Gasteiger partial charge in [-0.15, -0.1) is 5.10 Å². The van der Waals surface area contributed by atoms with Gasteiger partial charge in [0, 0.05) is 12.6 Å². The van der Waals surface area contributed by atoms with Gasteiger partial charge in [-0.3, -0.25) is 4.79 Å². The lowest BCUT2D eigenvalue weighted by molar-refractivity contribution is -0.104. The molecule has 0 saturated heterocycles. The monoisotopic (exact) mass is 376 g/mol. The summed E-state index contributed by atoms with van der Waals surface area (Å²) >= 11 is 0. The van der Waals surface area contributed by atoms with E-state index in [1.807, 2.05) is 48.5 Å². The minimum atomic E-state index is 0.541. The number of allylic oxidation sites excluding steroid dienone is 3. The summed E-state index contributed by atoms with van der Waals surface area (Å²) in [6, 6.07) is 15.4. The second kappa shape index (κ2) is 8.77. The van der Waals surface area contributed by atoms with Crippen molar-refractivity contribution in [1.29, 1.82) is 0 Å². The number of methoxy groups -OCH3 is 2. The number of aromatic nitrogens is 4. The molecule has 142 valence electrons. The smallest absolute Gasteiger partial charge is 0.182 e. The van der Waals surface area contributed by atoms with E-state index in [0.717, 1.165) is 40.1 Å². The van der Waals surface area contributed by atoms with Gasteiger partial charge in [0.25, 0.3) is 0 Å². The number of benzene rings is 2. The number of nitrogens with zero attached hydrogens (tertiary/aromatic N) is 4. The van der Waals surface area contributed by atoms with Crippen LogP contribution in [0.25, 0.3) is 11.1 Å². The van der Waals surface area contributed by atoms with Crippen molar-refractivity contribution in [2.45, 2.75) is 0 Å². The highest BCUT2D eigenvalue weighted by molar-refractivity contribution is 6.01. The van der Waals surface area contributed by atoms with Crippen molar-refractivity contribution in [1.82, 2.24) is 20.2 Å². The standard InChI is InChI=1S/C21H20N4O3/c1-25-21(22-23-24-25)19(5-4-14-26)20(15-6-10-17(27-2)11-7-15)16-8-12-18(28-3)13-9-16/h4-14H,1-3H3. The Labute approximate surface area is 162 Å². The summed E-state index contributed by atoms with van der Waals surface area (Å²) in [6.07, 6.45) is 3.86. The van der Waals surface area contributed by atoms with Crippen LogP contribution in [0.15, 0.2) is 60.7 Å². The van der Waals surface area contributed by atoms with E-state index in [9.17, 15) is 4.79 Å². The second-order valence-electron chi connectivity index (χ2n) is 5.87. The molecule has 7 nitrogen and oxygen atoms in total. The van der Waals surface area contributed by atoms with Crippen molar-refractivity contribution >= 4 is 17.4 Å². The molecule has 0 unspecified atom stereocenters. The highest BCUT2D eigenvalue weighted by Crippen LogP contribution is 2.33. The topological polar surface area (TPSA) is 79.1 Å². The van der Waals surface area contributed by atoms with Gasteiger partial charge >= 0.3 is 0 Å². The van der Waals surface area contributed by atoms with Gasteiger partial charge in [-0.1, -0.05) is 24.3 Å². The predicted molar refractivity (Wildman–Crippen MR) is 106 cm³/mol. The highest BCUT2D eigenvalue weighted by Gasteiger charge is 2.17. The fraction of sp³-hybridized carbons (Fsp3) is 0.143. The first-order chi connectivity index (χ1) is 13.7. The van der Waals surface area contributed by atoms with Gasteiger partial charge in [0.15, 0.2) is 5.82 Å². The molecule has 0 aliphatic rings. The van der Waals surface area contributed by atoms with Crippen LogP contribution < -0.4 is 9.47 Å². The Balaban J connectivity index is 2.29.